The Kier molecular flexibility index (Phi) is 36.2. The highest BCUT2D eigenvalue weighted by atomic mass is 32.1. The smallest absolute Gasteiger partial charge is 0.306 e. The maximum Gasteiger partial charge on any atom is 0.306 e. The standard InChI is InChI=1S/C44H86N2O4S/c1-7-11-15-19-23-30-40(31-24-20-16-12-8-2)49-43(47)35-28-38-46(42(51)34-27-37-45(5)6)39-29-36-44(48)50-41(32-25-21-17-13-9-3)33-26-22-18-14-10-4/h40-41H,7-39H2,1-6H3. The van der Waals surface area contributed by atoms with Crippen molar-refractivity contribution in [1.82, 2.24) is 9.80 Å². The van der Waals surface area contributed by atoms with E-state index in [9.17, 15) is 9.59 Å². The van der Waals surface area contributed by atoms with E-state index in [0.717, 1.165) is 102 Å². The van der Waals surface area contributed by atoms with Gasteiger partial charge in [0.15, 0.2) is 0 Å². The van der Waals surface area contributed by atoms with Gasteiger partial charge in [-0.25, -0.2) is 0 Å². The first-order valence-electron chi connectivity index (χ1n) is 22.1. The molecule has 0 heterocycles. The number of hydrogen-bond acceptors (Lipinski definition) is 6. The van der Waals surface area contributed by atoms with E-state index in [1.165, 1.54) is 103 Å². The zero-order valence-electron chi connectivity index (χ0n) is 34.9. The van der Waals surface area contributed by atoms with Gasteiger partial charge in [-0.05, 0) is 97.7 Å². The molecular weight excluding hydrogens is 653 g/mol. The van der Waals surface area contributed by atoms with E-state index in [1.807, 2.05) is 0 Å². The molecule has 0 N–H and O–H groups in total. The molecule has 0 radical (unpaired) electrons. The Morgan fingerprint density at radius 1 is 0.451 bits per heavy atom. The van der Waals surface area contributed by atoms with Crippen LogP contribution in [0.3, 0.4) is 0 Å². The van der Waals surface area contributed by atoms with E-state index in [2.05, 4.69) is 51.6 Å². The summed E-state index contributed by atoms with van der Waals surface area (Å²) in [5.74, 6) is -0.140. The zero-order chi connectivity index (χ0) is 37.8. The van der Waals surface area contributed by atoms with E-state index < -0.39 is 0 Å². The number of rotatable bonds is 38. The Morgan fingerprint density at radius 2 is 0.765 bits per heavy atom. The maximum absolute atomic E-state index is 13.0. The molecule has 7 heteroatoms. The quantitative estimate of drug-likeness (QED) is 0.0355. The summed E-state index contributed by atoms with van der Waals surface area (Å²) < 4.78 is 12.2. The van der Waals surface area contributed by atoms with Crippen molar-refractivity contribution in [2.45, 2.75) is 233 Å². The van der Waals surface area contributed by atoms with Crippen molar-refractivity contribution < 1.29 is 19.1 Å². The number of esters is 2. The second-order valence-electron chi connectivity index (χ2n) is 15.5. The Hall–Kier alpha value is -1.21. The van der Waals surface area contributed by atoms with Gasteiger partial charge in [-0.2, -0.15) is 0 Å². The Bertz CT molecular complexity index is 728. The number of thiocarbonyl (C=S) groups is 1. The Labute approximate surface area is 323 Å². The number of carbonyl (C=O) groups excluding carboxylic acids is 2. The lowest BCUT2D eigenvalue weighted by atomic mass is 10.0. The maximum atomic E-state index is 13.0. The van der Waals surface area contributed by atoms with Gasteiger partial charge < -0.3 is 19.3 Å². The predicted octanol–water partition coefficient (Wildman–Crippen LogP) is 12.8. The van der Waals surface area contributed by atoms with Gasteiger partial charge in [-0.1, -0.05) is 143 Å². The number of ether oxygens (including phenoxy) is 2. The highest BCUT2D eigenvalue weighted by molar-refractivity contribution is 7.80. The van der Waals surface area contributed by atoms with Crippen LogP contribution in [0.5, 0.6) is 0 Å². The molecule has 0 unspecified atom stereocenters. The SMILES string of the molecule is CCCCCCCC(CCCCCCC)OC(=O)CCCN(CCCC(=O)OC(CCCCCCC)CCCCCCC)C(=S)CCCN(C)C. The average Bonchev–Trinajstić information content (AvgIpc) is 3.10. The van der Waals surface area contributed by atoms with Gasteiger partial charge >= 0.3 is 11.9 Å². The lowest BCUT2D eigenvalue weighted by molar-refractivity contribution is -0.150. The van der Waals surface area contributed by atoms with Crippen LogP contribution in [0.1, 0.15) is 220 Å². The van der Waals surface area contributed by atoms with Gasteiger partial charge in [0.1, 0.15) is 12.2 Å². The van der Waals surface area contributed by atoms with E-state index in [4.69, 9.17) is 21.7 Å². The van der Waals surface area contributed by atoms with Crippen molar-refractivity contribution in [3.63, 3.8) is 0 Å². The van der Waals surface area contributed by atoms with Crippen LogP contribution < -0.4 is 0 Å². The monoisotopic (exact) mass is 739 g/mol. The highest BCUT2D eigenvalue weighted by Gasteiger charge is 2.18. The molecule has 0 aromatic carbocycles. The van der Waals surface area contributed by atoms with E-state index >= 15 is 0 Å². The summed E-state index contributed by atoms with van der Waals surface area (Å²) in [7, 11) is 4.18. The first kappa shape index (κ1) is 49.8. The third-order valence-electron chi connectivity index (χ3n) is 10.1. The molecule has 0 aromatic heterocycles. The van der Waals surface area contributed by atoms with Gasteiger partial charge in [-0.3, -0.25) is 9.59 Å². The summed E-state index contributed by atoms with van der Waals surface area (Å²) in [6.45, 7) is 11.4. The molecule has 0 aliphatic carbocycles. The summed E-state index contributed by atoms with van der Waals surface area (Å²) >= 11 is 5.91. The summed E-state index contributed by atoms with van der Waals surface area (Å²) in [6, 6.07) is 0. The normalized spacial score (nSPS) is 11.5. The topological polar surface area (TPSA) is 59.1 Å². The summed E-state index contributed by atoms with van der Waals surface area (Å²) in [5.41, 5.74) is 0. The van der Waals surface area contributed by atoms with Gasteiger partial charge in [0.05, 0.1) is 4.99 Å². The molecule has 0 aliphatic heterocycles. The second-order valence-corrected chi connectivity index (χ2v) is 16.0. The van der Waals surface area contributed by atoms with E-state index in [0.29, 0.717) is 12.8 Å². The first-order chi connectivity index (χ1) is 24.8. The third-order valence-corrected chi connectivity index (χ3v) is 10.5. The van der Waals surface area contributed by atoms with Gasteiger partial charge in [0.2, 0.25) is 0 Å². The molecule has 0 bridgehead atoms. The molecule has 51 heavy (non-hydrogen) atoms. The van der Waals surface area contributed by atoms with Crippen molar-refractivity contribution in [2.75, 3.05) is 33.7 Å². The molecule has 6 nitrogen and oxygen atoms in total. The van der Waals surface area contributed by atoms with Gasteiger partial charge in [0.25, 0.3) is 0 Å². The molecule has 0 aliphatic rings. The average molecular weight is 739 g/mol. The van der Waals surface area contributed by atoms with Gasteiger partial charge in [-0.15, -0.1) is 0 Å². The highest BCUT2D eigenvalue weighted by Crippen LogP contribution is 2.19. The molecule has 0 amide bonds. The lowest BCUT2D eigenvalue weighted by Gasteiger charge is -2.26. The minimum Gasteiger partial charge on any atom is -0.462 e. The number of carbonyl (C=O) groups is 2. The molecule has 0 fully saturated rings. The van der Waals surface area contributed by atoms with Crippen molar-refractivity contribution >= 4 is 29.1 Å². The summed E-state index contributed by atoms with van der Waals surface area (Å²) in [4.78, 5) is 31.4. The van der Waals surface area contributed by atoms with Gasteiger partial charge in [0, 0.05) is 25.9 Å². The summed E-state index contributed by atoms with van der Waals surface area (Å²) in [5, 5.41) is 0. The Balaban J connectivity index is 5.04. The molecule has 0 aromatic rings. The fraction of sp³-hybridized carbons (Fsp3) is 0.932. The van der Waals surface area contributed by atoms with Crippen LogP contribution in [0.4, 0.5) is 0 Å². The predicted molar refractivity (Wildman–Crippen MR) is 224 cm³/mol. The molecule has 0 rings (SSSR count). The Morgan fingerprint density at radius 3 is 1.08 bits per heavy atom. The lowest BCUT2D eigenvalue weighted by Crippen LogP contribution is -2.33. The minimum absolute atomic E-state index is 0.0477. The van der Waals surface area contributed by atoms with Crippen molar-refractivity contribution in [3.05, 3.63) is 0 Å². The van der Waals surface area contributed by atoms with Crippen molar-refractivity contribution in [2.24, 2.45) is 0 Å². The summed E-state index contributed by atoms with van der Waals surface area (Å²) in [6.07, 6.45) is 32.8. The largest absolute Gasteiger partial charge is 0.462 e. The van der Waals surface area contributed by atoms with Crippen LogP contribution in [-0.2, 0) is 19.1 Å². The molecular formula is C44H86N2O4S. The molecule has 0 saturated carbocycles. The van der Waals surface area contributed by atoms with Crippen LogP contribution >= 0.6 is 12.2 Å². The molecule has 0 spiro atoms. The molecule has 302 valence electrons. The number of unbranched alkanes of at least 4 members (excludes halogenated alkanes) is 16. The van der Waals surface area contributed by atoms with Crippen LogP contribution in [-0.4, -0.2) is 72.7 Å². The van der Waals surface area contributed by atoms with Crippen LogP contribution in [0.25, 0.3) is 0 Å². The van der Waals surface area contributed by atoms with E-state index in [-0.39, 0.29) is 24.1 Å². The fourth-order valence-electron chi connectivity index (χ4n) is 6.81. The van der Waals surface area contributed by atoms with Crippen molar-refractivity contribution in [3.8, 4) is 0 Å². The first-order valence-corrected chi connectivity index (χ1v) is 22.5. The van der Waals surface area contributed by atoms with Crippen LogP contribution in [0, 0.1) is 0 Å². The van der Waals surface area contributed by atoms with Crippen molar-refractivity contribution in [1.29, 1.82) is 0 Å². The molecule has 0 saturated heterocycles. The fourth-order valence-corrected chi connectivity index (χ4v) is 7.14. The van der Waals surface area contributed by atoms with Crippen LogP contribution in [0.15, 0.2) is 0 Å². The molecule has 0 atom stereocenters. The third kappa shape index (κ3) is 33.1. The minimum atomic E-state index is -0.0698. The second kappa shape index (κ2) is 37.1. The zero-order valence-corrected chi connectivity index (χ0v) is 35.7. The number of nitrogens with zero attached hydrogens (tertiary/aromatic N) is 2. The van der Waals surface area contributed by atoms with Crippen LogP contribution in [0.2, 0.25) is 0 Å². The number of hydrogen-bond donors (Lipinski definition) is 0. The van der Waals surface area contributed by atoms with E-state index in [1.54, 1.807) is 0 Å².